The number of hydrogen-bond donors (Lipinski definition) is 2. The number of rotatable bonds is 3. The van der Waals surface area contributed by atoms with Gasteiger partial charge in [0, 0.05) is 19.8 Å². The van der Waals surface area contributed by atoms with Crippen LogP contribution < -0.4 is 11.1 Å². The lowest BCUT2D eigenvalue weighted by molar-refractivity contribution is -0.121. The van der Waals surface area contributed by atoms with E-state index in [1.54, 1.807) is 19.2 Å². The van der Waals surface area contributed by atoms with Crippen LogP contribution in [0.4, 0.5) is 5.69 Å². The molecule has 1 aromatic rings. The molecule has 17 heavy (non-hydrogen) atoms. The van der Waals surface area contributed by atoms with E-state index in [1.165, 1.54) is 11.9 Å². The molecule has 0 fully saturated rings. The van der Waals surface area contributed by atoms with E-state index >= 15 is 0 Å². The molecule has 0 saturated heterocycles. The molecule has 0 bridgehead atoms. The molecular formula is C12H17N3O2. The SMILES string of the molecule is CNC(=O)CN(C)C(=O)c1cccc(C)c1N. The summed E-state index contributed by atoms with van der Waals surface area (Å²) >= 11 is 0. The van der Waals surface area contributed by atoms with E-state index in [-0.39, 0.29) is 18.4 Å². The molecule has 0 spiro atoms. The smallest absolute Gasteiger partial charge is 0.256 e. The Balaban J connectivity index is 2.89. The molecule has 0 aliphatic carbocycles. The predicted molar refractivity (Wildman–Crippen MR) is 66.6 cm³/mol. The molecule has 0 aliphatic rings. The van der Waals surface area contributed by atoms with Gasteiger partial charge in [-0.15, -0.1) is 0 Å². The van der Waals surface area contributed by atoms with Gasteiger partial charge in [0.15, 0.2) is 0 Å². The third kappa shape index (κ3) is 2.96. The maximum absolute atomic E-state index is 12.0. The first-order valence-electron chi connectivity index (χ1n) is 5.28. The normalized spacial score (nSPS) is 9.82. The Morgan fingerprint density at radius 1 is 1.41 bits per heavy atom. The zero-order chi connectivity index (χ0) is 13.0. The number of nitrogen functional groups attached to an aromatic ring is 1. The summed E-state index contributed by atoms with van der Waals surface area (Å²) in [6.07, 6.45) is 0. The van der Waals surface area contributed by atoms with Crippen molar-refractivity contribution in [3.05, 3.63) is 29.3 Å². The number of likely N-dealkylation sites (N-methyl/N-ethyl adjacent to an activating group) is 2. The van der Waals surface area contributed by atoms with E-state index in [4.69, 9.17) is 5.73 Å². The van der Waals surface area contributed by atoms with Crippen LogP contribution in [0.25, 0.3) is 0 Å². The second kappa shape index (κ2) is 5.34. The van der Waals surface area contributed by atoms with Crippen molar-refractivity contribution in [1.29, 1.82) is 0 Å². The van der Waals surface area contributed by atoms with E-state index in [0.717, 1.165) is 5.56 Å². The fraction of sp³-hybridized carbons (Fsp3) is 0.333. The second-order valence-corrected chi connectivity index (χ2v) is 3.87. The average Bonchev–Trinajstić information content (AvgIpc) is 2.31. The van der Waals surface area contributed by atoms with Crippen molar-refractivity contribution in [3.8, 4) is 0 Å². The first kappa shape index (κ1) is 13.0. The molecule has 2 amide bonds. The van der Waals surface area contributed by atoms with Gasteiger partial charge in [-0.25, -0.2) is 0 Å². The van der Waals surface area contributed by atoms with Crippen LogP contribution in [0, 0.1) is 6.92 Å². The minimum atomic E-state index is -0.255. The highest BCUT2D eigenvalue weighted by Crippen LogP contribution is 2.17. The molecular weight excluding hydrogens is 218 g/mol. The van der Waals surface area contributed by atoms with Gasteiger partial charge in [-0.3, -0.25) is 9.59 Å². The monoisotopic (exact) mass is 235 g/mol. The number of nitrogens with two attached hydrogens (primary N) is 1. The van der Waals surface area contributed by atoms with Crippen LogP contribution in [-0.4, -0.2) is 37.4 Å². The number of hydrogen-bond acceptors (Lipinski definition) is 3. The number of benzene rings is 1. The molecule has 0 radical (unpaired) electrons. The first-order chi connectivity index (χ1) is 7.97. The Hall–Kier alpha value is -2.04. The van der Waals surface area contributed by atoms with Gasteiger partial charge in [-0.05, 0) is 18.6 Å². The van der Waals surface area contributed by atoms with Gasteiger partial charge < -0.3 is 16.0 Å². The highest BCUT2D eigenvalue weighted by Gasteiger charge is 2.17. The van der Waals surface area contributed by atoms with Gasteiger partial charge >= 0.3 is 0 Å². The predicted octanol–water partition coefficient (Wildman–Crippen LogP) is 0.395. The van der Waals surface area contributed by atoms with Crippen molar-refractivity contribution in [2.75, 3.05) is 26.4 Å². The number of para-hydroxylation sites is 1. The van der Waals surface area contributed by atoms with Crippen molar-refractivity contribution in [3.63, 3.8) is 0 Å². The number of anilines is 1. The molecule has 5 heteroatoms. The highest BCUT2D eigenvalue weighted by molar-refractivity contribution is 6.01. The van der Waals surface area contributed by atoms with Crippen LogP contribution in [0.3, 0.4) is 0 Å². The molecule has 0 heterocycles. The number of amides is 2. The molecule has 1 aromatic carbocycles. The van der Waals surface area contributed by atoms with Gasteiger partial charge in [-0.1, -0.05) is 12.1 Å². The number of carbonyl (C=O) groups excluding carboxylic acids is 2. The molecule has 0 saturated carbocycles. The van der Waals surface area contributed by atoms with Gasteiger partial charge in [0.2, 0.25) is 5.91 Å². The van der Waals surface area contributed by atoms with Crippen molar-refractivity contribution in [2.24, 2.45) is 0 Å². The average molecular weight is 235 g/mol. The Kier molecular flexibility index (Phi) is 4.09. The summed E-state index contributed by atoms with van der Waals surface area (Å²) in [5, 5.41) is 2.46. The number of carbonyl (C=O) groups is 2. The summed E-state index contributed by atoms with van der Waals surface area (Å²) in [5.41, 5.74) is 7.57. The Bertz CT molecular complexity index is 443. The topological polar surface area (TPSA) is 75.4 Å². The zero-order valence-electron chi connectivity index (χ0n) is 10.3. The van der Waals surface area contributed by atoms with Crippen LogP contribution >= 0.6 is 0 Å². The van der Waals surface area contributed by atoms with E-state index in [2.05, 4.69) is 5.32 Å². The van der Waals surface area contributed by atoms with Crippen LogP contribution in [-0.2, 0) is 4.79 Å². The Morgan fingerprint density at radius 2 is 2.06 bits per heavy atom. The van der Waals surface area contributed by atoms with E-state index in [0.29, 0.717) is 11.3 Å². The highest BCUT2D eigenvalue weighted by atomic mass is 16.2. The van der Waals surface area contributed by atoms with Crippen molar-refractivity contribution < 1.29 is 9.59 Å². The summed E-state index contributed by atoms with van der Waals surface area (Å²) in [5.74, 6) is -0.470. The fourth-order valence-electron chi connectivity index (χ4n) is 1.44. The molecule has 5 nitrogen and oxygen atoms in total. The third-order valence-corrected chi connectivity index (χ3v) is 2.56. The van der Waals surface area contributed by atoms with Crippen molar-refractivity contribution >= 4 is 17.5 Å². The van der Waals surface area contributed by atoms with E-state index < -0.39 is 0 Å². The standard InChI is InChI=1S/C12H17N3O2/c1-8-5-4-6-9(11(8)13)12(17)15(3)7-10(16)14-2/h4-6H,7,13H2,1-3H3,(H,14,16). The quantitative estimate of drug-likeness (QED) is 0.744. The Labute approximate surface area is 101 Å². The lowest BCUT2D eigenvalue weighted by Gasteiger charge is -2.17. The largest absolute Gasteiger partial charge is 0.398 e. The van der Waals surface area contributed by atoms with Gasteiger partial charge in [0.1, 0.15) is 0 Å². The summed E-state index contributed by atoms with van der Waals surface area (Å²) in [7, 11) is 3.10. The molecule has 1 rings (SSSR count). The van der Waals surface area contributed by atoms with Crippen LogP contribution in [0.1, 0.15) is 15.9 Å². The van der Waals surface area contributed by atoms with Crippen LogP contribution in [0.15, 0.2) is 18.2 Å². The lowest BCUT2D eigenvalue weighted by atomic mass is 10.1. The number of nitrogens with one attached hydrogen (secondary N) is 1. The number of aryl methyl sites for hydroxylation is 1. The molecule has 0 aromatic heterocycles. The van der Waals surface area contributed by atoms with E-state index in [9.17, 15) is 9.59 Å². The van der Waals surface area contributed by atoms with Crippen molar-refractivity contribution in [1.82, 2.24) is 10.2 Å². The van der Waals surface area contributed by atoms with Crippen molar-refractivity contribution in [2.45, 2.75) is 6.92 Å². The minimum absolute atomic E-state index is 0.0166. The summed E-state index contributed by atoms with van der Waals surface area (Å²) in [4.78, 5) is 24.5. The second-order valence-electron chi connectivity index (χ2n) is 3.87. The molecule has 0 unspecified atom stereocenters. The van der Waals surface area contributed by atoms with Crippen LogP contribution in [0.5, 0.6) is 0 Å². The first-order valence-corrected chi connectivity index (χ1v) is 5.28. The Morgan fingerprint density at radius 3 is 2.65 bits per heavy atom. The van der Waals surface area contributed by atoms with Gasteiger partial charge in [0.05, 0.1) is 12.1 Å². The molecule has 0 aliphatic heterocycles. The van der Waals surface area contributed by atoms with Crippen LogP contribution in [0.2, 0.25) is 0 Å². The molecule has 92 valence electrons. The zero-order valence-corrected chi connectivity index (χ0v) is 10.3. The summed E-state index contributed by atoms with van der Waals surface area (Å²) in [6.45, 7) is 1.85. The minimum Gasteiger partial charge on any atom is -0.398 e. The lowest BCUT2D eigenvalue weighted by Crippen LogP contribution is -2.37. The molecule has 3 N–H and O–H groups in total. The fourth-order valence-corrected chi connectivity index (χ4v) is 1.44. The third-order valence-electron chi connectivity index (χ3n) is 2.56. The molecule has 0 atom stereocenters. The van der Waals surface area contributed by atoms with Gasteiger partial charge in [0.25, 0.3) is 5.91 Å². The summed E-state index contributed by atoms with van der Waals surface area (Å²) < 4.78 is 0. The summed E-state index contributed by atoms with van der Waals surface area (Å²) in [6, 6.07) is 5.27. The van der Waals surface area contributed by atoms with E-state index in [1.807, 2.05) is 13.0 Å². The number of nitrogens with zero attached hydrogens (tertiary/aromatic N) is 1. The maximum atomic E-state index is 12.0. The maximum Gasteiger partial charge on any atom is 0.256 e. The van der Waals surface area contributed by atoms with Gasteiger partial charge in [-0.2, -0.15) is 0 Å².